The zero-order chi connectivity index (χ0) is 8.27. The smallest absolute Gasteiger partial charge is 0.335 e. The van der Waals surface area contributed by atoms with Crippen LogP contribution < -0.4 is 0 Å². The van der Waals surface area contributed by atoms with E-state index in [9.17, 15) is 9.59 Å². The summed E-state index contributed by atoms with van der Waals surface area (Å²) < 4.78 is 0. The Bertz CT molecular complexity index is 291. The summed E-state index contributed by atoms with van der Waals surface area (Å²) in [6.45, 7) is 0. The van der Waals surface area contributed by atoms with E-state index in [0.717, 1.165) is 0 Å². The molecule has 1 radical (unpaired) electrons. The molecule has 1 rings (SSSR count). The first-order chi connectivity index (χ1) is 5.24. The summed E-state index contributed by atoms with van der Waals surface area (Å²) >= 11 is 0. The van der Waals surface area contributed by atoms with Crippen molar-refractivity contribution in [2.45, 2.75) is 0 Å². The average molecular weight is 149 g/mol. The van der Waals surface area contributed by atoms with Crippen molar-refractivity contribution in [1.29, 1.82) is 0 Å². The molecule has 55 valence electrons. The van der Waals surface area contributed by atoms with Gasteiger partial charge in [-0.05, 0) is 18.2 Å². The molecule has 3 heteroatoms. The maximum atomic E-state index is 10.3. The SMILES string of the molecule is O=Cc1[c]ccc(C(=O)O)c1. The normalized spacial score (nSPS) is 9.09. The number of benzene rings is 1. The van der Waals surface area contributed by atoms with E-state index in [1.165, 1.54) is 18.2 Å². The molecule has 1 aromatic rings. The van der Waals surface area contributed by atoms with Gasteiger partial charge in [0.05, 0.1) is 5.56 Å². The number of carbonyl (C=O) groups is 2. The van der Waals surface area contributed by atoms with Crippen molar-refractivity contribution in [1.82, 2.24) is 0 Å². The minimum absolute atomic E-state index is 0.103. The van der Waals surface area contributed by atoms with E-state index in [4.69, 9.17) is 5.11 Å². The molecular weight excluding hydrogens is 144 g/mol. The van der Waals surface area contributed by atoms with Crippen LogP contribution in [0.2, 0.25) is 0 Å². The summed E-state index contributed by atoms with van der Waals surface area (Å²) in [4.78, 5) is 20.5. The van der Waals surface area contributed by atoms with Crippen LogP contribution in [0.3, 0.4) is 0 Å². The lowest BCUT2D eigenvalue weighted by Crippen LogP contribution is -1.96. The summed E-state index contributed by atoms with van der Waals surface area (Å²) in [7, 11) is 0. The molecule has 0 aliphatic rings. The fraction of sp³-hybridized carbons (Fsp3) is 0. The highest BCUT2D eigenvalue weighted by atomic mass is 16.4. The van der Waals surface area contributed by atoms with E-state index in [1.807, 2.05) is 0 Å². The summed E-state index contributed by atoms with van der Waals surface area (Å²) in [5.74, 6) is -1.04. The highest BCUT2D eigenvalue weighted by molar-refractivity contribution is 5.89. The topological polar surface area (TPSA) is 54.4 Å². The number of carbonyl (C=O) groups excluding carboxylic acids is 1. The zero-order valence-corrected chi connectivity index (χ0v) is 5.57. The van der Waals surface area contributed by atoms with Crippen LogP contribution in [0.25, 0.3) is 0 Å². The first-order valence-electron chi connectivity index (χ1n) is 2.94. The molecule has 0 saturated carbocycles. The molecule has 1 aromatic carbocycles. The molecule has 0 amide bonds. The van der Waals surface area contributed by atoms with Crippen LogP contribution in [0, 0.1) is 6.07 Å². The predicted octanol–water partition coefficient (Wildman–Crippen LogP) is 0.997. The fourth-order valence-electron chi connectivity index (χ4n) is 0.686. The van der Waals surface area contributed by atoms with Crippen LogP contribution in [-0.4, -0.2) is 17.4 Å². The third-order valence-corrected chi connectivity index (χ3v) is 1.20. The highest BCUT2D eigenvalue weighted by Crippen LogP contribution is 2.01. The molecule has 0 aromatic heterocycles. The summed E-state index contributed by atoms with van der Waals surface area (Å²) in [5.41, 5.74) is 0.357. The van der Waals surface area contributed by atoms with Gasteiger partial charge in [-0.2, -0.15) is 0 Å². The summed E-state index contributed by atoms with van der Waals surface area (Å²) in [6.07, 6.45) is 0.562. The molecule has 0 spiro atoms. The first-order valence-corrected chi connectivity index (χ1v) is 2.94. The van der Waals surface area contributed by atoms with Gasteiger partial charge in [-0.1, -0.05) is 6.07 Å². The standard InChI is InChI=1S/C8H5O3/c9-5-6-2-1-3-7(4-6)8(10)11/h1,3-5H,(H,10,11). The van der Waals surface area contributed by atoms with Gasteiger partial charge in [0.2, 0.25) is 0 Å². The number of rotatable bonds is 2. The van der Waals surface area contributed by atoms with Crippen molar-refractivity contribution in [3.05, 3.63) is 35.4 Å². The van der Waals surface area contributed by atoms with Crippen molar-refractivity contribution in [3.8, 4) is 0 Å². The van der Waals surface area contributed by atoms with Crippen LogP contribution in [0.4, 0.5) is 0 Å². The Morgan fingerprint density at radius 2 is 2.36 bits per heavy atom. The van der Waals surface area contributed by atoms with Crippen molar-refractivity contribution < 1.29 is 14.7 Å². The van der Waals surface area contributed by atoms with Crippen LogP contribution >= 0.6 is 0 Å². The van der Waals surface area contributed by atoms with Crippen LogP contribution in [0.1, 0.15) is 20.7 Å². The van der Waals surface area contributed by atoms with Crippen molar-refractivity contribution in [2.24, 2.45) is 0 Å². The number of hydrogen-bond donors (Lipinski definition) is 1. The Morgan fingerprint density at radius 1 is 1.64 bits per heavy atom. The van der Waals surface area contributed by atoms with Gasteiger partial charge in [0, 0.05) is 5.56 Å². The average Bonchev–Trinajstić information content (AvgIpc) is 2.05. The molecular formula is C8H5O3. The van der Waals surface area contributed by atoms with Gasteiger partial charge in [-0.3, -0.25) is 4.79 Å². The van der Waals surface area contributed by atoms with Gasteiger partial charge >= 0.3 is 5.97 Å². The monoisotopic (exact) mass is 149 g/mol. The molecule has 3 nitrogen and oxygen atoms in total. The van der Waals surface area contributed by atoms with Gasteiger partial charge < -0.3 is 5.11 Å². The zero-order valence-electron chi connectivity index (χ0n) is 5.57. The van der Waals surface area contributed by atoms with E-state index in [1.54, 1.807) is 0 Å². The first kappa shape index (κ1) is 7.47. The molecule has 0 atom stereocenters. The molecule has 0 bridgehead atoms. The Hall–Kier alpha value is -1.64. The molecule has 1 N–H and O–H groups in total. The van der Waals surface area contributed by atoms with Gasteiger partial charge in [0.15, 0.2) is 6.29 Å². The molecule has 0 saturated heterocycles. The minimum atomic E-state index is -1.04. The Morgan fingerprint density at radius 3 is 2.91 bits per heavy atom. The molecule has 11 heavy (non-hydrogen) atoms. The van der Waals surface area contributed by atoms with Crippen LogP contribution in [0.5, 0.6) is 0 Å². The molecule has 0 heterocycles. The summed E-state index contributed by atoms with van der Waals surface area (Å²) in [5, 5.41) is 8.47. The molecule has 0 aliphatic carbocycles. The highest BCUT2D eigenvalue weighted by Gasteiger charge is 2.01. The second-order valence-corrected chi connectivity index (χ2v) is 1.96. The summed E-state index contributed by atoms with van der Waals surface area (Å²) in [6, 6.07) is 6.65. The Balaban J connectivity index is 3.10. The number of hydrogen-bond acceptors (Lipinski definition) is 2. The van der Waals surface area contributed by atoms with Gasteiger partial charge in [0.25, 0.3) is 0 Å². The van der Waals surface area contributed by atoms with Crippen molar-refractivity contribution in [2.75, 3.05) is 0 Å². The quantitative estimate of drug-likeness (QED) is 0.638. The van der Waals surface area contributed by atoms with Gasteiger partial charge in [-0.15, -0.1) is 0 Å². The van der Waals surface area contributed by atoms with Crippen LogP contribution in [0.15, 0.2) is 18.2 Å². The largest absolute Gasteiger partial charge is 0.478 e. The van der Waals surface area contributed by atoms with Crippen molar-refractivity contribution in [3.63, 3.8) is 0 Å². The second-order valence-electron chi connectivity index (χ2n) is 1.96. The lowest BCUT2D eigenvalue weighted by Gasteiger charge is -1.92. The number of aldehydes is 1. The Kier molecular flexibility index (Phi) is 2.01. The number of carboxylic acid groups (broad SMARTS) is 1. The maximum Gasteiger partial charge on any atom is 0.335 e. The molecule has 0 aliphatic heterocycles. The third-order valence-electron chi connectivity index (χ3n) is 1.20. The lowest BCUT2D eigenvalue weighted by atomic mass is 10.1. The molecule has 0 unspecified atom stereocenters. The maximum absolute atomic E-state index is 10.3. The fourth-order valence-corrected chi connectivity index (χ4v) is 0.686. The van der Waals surface area contributed by atoms with Crippen LogP contribution in [-0.2, 0) is 0 Å². The Labute approximate surface area is 63.3 Å². The van der Waals surface area contributed by atoms with E-state index in [0.29, 0.717) is 6.29 Å². The van der Waals surface area contributed by atoms with E-state index in [2.05, 4.69) is 6.07 Å². The van der Waals surface area contributed by atoms with Gasteiger partial charge in [0.1, 0.15) is 0 Å². The third kappa shape index (κ3) is 1.64. The number of aromatic carboxylic acids is 1. The predicted molar refractivity (Wildman–Crippen MR) is 37.6 cm³/mol. The van der Waals surface area contributed by atoms with E-state index < -0.39 is 5.97 Å². The van der Waals surface area contributed by atoms with E-state index in [-0.39, 0.29) is 11.1 Å². The minimum Gasteiger partial charge on any atom is -0.478 e. The van der Waals surface area contributed by atoms with Crippen molar-refractivity contribution >= 4 is 12.3 Å². The second kappa shape index (κ2) is 2.96. The number of carboxylic acids is 1. The van der Waals surface area contributed by atoms with Gasteiger partial charge in [-0.25, -0.2) is 4.79 Å². The lowest BCUT2D eigenvalue weighted by molar-refractivity contribution is 0.0697. The van der Waals surface area contributed by atoms with E-state index >= 15 is 0 Å². The molecule has 0 fully saturated rings.